The second-order valence-corrected chi connectivity index (χ2v) is 3.54. The van der Waals surface area contributed by atoms with E-state index in [-0.39, 0.29) is 30.1 Å². The number of rotatable bonds is 6. The van der Waals surface area contributed by atoms with Crippen LogP contribution < -0.4 is 0 Å². The molecule has 0 bridgehead atoms. The minimum Gasteiger partial charge on any atom is -0.508 e. The van der Waals surface area contributed by atoms with Gasteiger partial charge in [0.15, 0.2) is 0 Å². The molecular weight excluding hydrogens is 248 g/mol. The average molecular weight is 262 g/mol. The molecule has 1 rings (SSSR count). The lowest BCUT2D eigenvalue weighted by atomic mass is 10.1. The maximum Gasteiger partial charge on any atom is 0.338 e. The topological polar surface area (TPSA) is 72.8 Å². The molecule has 0 saturated heterocycles. The van der Waals surface area contributed by atoms with Gasteiger partial charge in [-0.25, -0.2) is 9.59 Å². The summed E-state index contributed by atoms with van der Waals surface area (Å²) in [4.78, 5) is 23.2. The molecule has 0 radical (unpaired) electrons. The van der Waals surface area contributed by atoms with Gasteiger partial charge in [0.2, 0.25) is 0 Å². The molecule has 0 aliphatic carbocycles. The van der Waals surface area contributed by atoms with Crippen molar-refractivity contribution in [2.24, 2.45) is 0 Å². The maximum absolute atomic E-state index is 11.6. The van der Waals surface area contributed by atoms with Crippen LogP contribution in [-0.2, 0) is 9.47 Å². The maximum atomic E-state index is 11.6. The molecule has 1 aromatic carbocycles. The van der Waals surface area contributed by atoms with E-state index in [9.17, 15) is 14.7 Å². The number of benzene rings is 1. The van der Waals surface area contributed by atoms with Crippen LogP contribution in [0.15, 0.2) is 43.5 Å². The monoisotopic (exact) mass is 262 g/mol. The first-order valence-electron chi connectivity index (χ1n) is 5.48. The molecule has 0 aliphatic rings. The second kappa shape index (κ2) is 7.00. The molecule has 0 heterocycles. The molecule has 0 saturated carbocycles. The van der Waals surface area contributed by atoms with Crippen molar-refractivity contribution in [2.75, 3.05) is 13.2 Å². The molecule has 0 aliphatic heterocycles. The van der Waals surface area contributed by atoms with Crippen molar-refractivity contribution in [3.8, 4) is 5.75 Å². The van der Waals surface area contributed by atoms with Crippen LogP contribution in [0.3, 0.4) is 0 Å². The molecule has 0 aromatic heterocycles. The molecule has 0 spiro atoms. The zero-order chi connectivity index (χ0) is 14.3. The molecule has 5 nitrogen and oxygen atoms in total. The van der Waals surface area contributed by atoms with E-state index in [1.807, 2.05) is 0 Å². The van der Waals surface area contributed by atoms with Gasteiger partial charge in [0.1, 0.15) is 19.0 Å². The molecule has 100 valence electrons. The molecule has 0 atom stereocenters. The fourth-order valence-electron chi connectivity index (χ4n) is 1.28. The summed E-state index contributed by atoms with van der Waals surface area (Å²) in [5.74, 6) is -1.54. The van der Waals surface area contributed by atoms with Crippen LogP contribution in [-0.4, -0.2) is 30.3 Å². The van der Waals surface area contributed by atoms with Crippen molar-refractivity contribution in [2.45, 2.75) is 0 Å². The summed E-state index contributed by atoms with van der Waals surface area (Å²) in [6.45, 7) is 6.92. The van der Waals surface area contributed by atoms with Gasteiger partial charge in [-0.2, -0.15) is 0 Å². The Morgan fingerprint density at radius 3 is 1.79 bits per heavy atom. The van der Waals surface area contributed by atoms with Crippen LogP contribution >= 0.6 is 0 Å². The van der Waals surface area contributed by atoms with Gasteiger partial charge in [-0.1, -0.05) is 25.3 Å². The zero-order valence-electron chi connectivity index (χ0n) is 10.3. The number of phenols is 1. The van der Waals surface area contributed by atoms with Crippen LogP contribution in [0.1, 0.15) is 20.7 Å². The minimum atomic E-state index is -0.659. The van der Waals surface area contributed by atoms with E-state index in [2.05, 4.69) is 13.2 Å². The van der Waals surface area contributed by atoms with Crippen molar-refractivity contribution in [1.82, 2.24) is 0 Å². The SMILES string of the molecule is C=CCOC(=O)c1cc(O)cc(C(=O)OCC=C)c1. The minimum absolute atomic E-state index is 0.0464. The fraction of sp³-hybridized carbons (Fsp3) is 0.143. The molecule has 0 fully saturated rings. The number of phenolic OH excluding ortho intramolecular Hbond substituents is 1. The van der Waals surface area contributed by atoms with E-state index in [1.54, 1.807) is 0 Å². The number of hydrogen-bond acceptors (Lipinski definition) is 5. The van der Waals surface area contributed by atoms with Crippen LogP contribution in [0.5, 0.6) is 5.75 Å². The van der Waals surface area contributed by atoms with Crippen LogP contribution in [0.2, 0.25) is 0 Å². The number of aromatic hydroxyl groups is 1. The first-order valence-corrected chi connectivity index (χ1v) is 5.48. The number of esters is 2. The smallest absolute Gasteiger partial charge is 0.338 e. The van der Waals surface area contributed by atoms with Crippen molar-refractivity contribution >= 4 is 11.9 Å². The molecule has 5 heteroatoms. The summed E-state index contributed by atoms with van der Waals surface area (Å²) in [6.07, 6.45) is 2.83. The molecule has 19 heavy (non-hydrogen) atoms. The van der Waals surface area contributed by atoms with E-state index in [4.69, 9.17) is 9.47 Å². The Morgan fingerprint density at radius 1 is 1.00 bits per heavy atom. The van der Waals surface area contributed by atoms with E-state index in [1.165, 1.54) is 30.4 Å². The van der Waals surface area contributed by atoms with Crippen LogP contribution in [0.25, 0.3) is 0 Å². The predicted octanol–water partition coefficient (Wildman–Crippen LogP) is 2.08. The standard InChI is InChI=1S/C14H14O5/c1-3-5-18-13(16)10-7-11(9-12(15)8-10)14(17)19-6-4-2/h3-4,7-9,15H,1-2,5-6H2. The first-order chi connectivity index (χ1) is 9.08. The summed E-state index contributed by atoms with van der Waals surface area (Å²) < 4.78 is 9.62. The summed E-state index contributed by atoms with van der Waals surface area (Å²) in [5.41, 5.74) is 0.125. The Kier molecular flexibility index (Phi) is 5.35. The van der Waals surface area contributed by atoms with E-state index in [0.717, 1.165) is 0 Å². The Hall–Kier alpha value is -2.56. The van der Waals surface area contributed by atoms with Gasteiger partial charge >= 0.3 is 11.9 Å². The lowest BCUT2D eigenvalue weighted by Crippen LogP contribution is -2.09. The third-order valence-electron chi connectivity index (χ3n) is 2.05. The van der Waals surface area contributed by atoms with Gasteiger partial charge in [-0.05, 0) is 18.2 Å². The van der Waals surface area contributed by atoms with E-state index in [0.29, 0.717) is 0 Å². The predicted molar refractivity (Wildman–Crippen MR) is 69.1 cm³/mol. The largest absolute Gasteiger partial charge is 0.508 e. The van der Waals surface area contributed by atoms with Crippen molar-refractivity contribution in [3.05, 3.63) is 54.6 Å². The average Bonchev–Trinajstić information content (AvgIpc) is 2.41. The highest BCUT2D eigenvalue weighted by molar-refractivity contribution is 5.96. The Labute approximate surface area is 110 Å². The Morgan fingerprint density at radius 2 is 1.42 bits per heavy atom. The summed E-state index contributed by atoms with van der Waals surface area (Å²) in [6, 6.07) is 3.70. The van der Waals surface area contributed by atoms with Crippen LogP contribution in [0.4, 0.5) is 0 Å². The number of hydrogen-bond donors (Lipinski definition) is 1. The highest BCUT2D eigenvalue weighted by Crippen LogP contribution is 2.17. The molecule has 0 amide bonds. The number of carbonyl (C=O) groups excluding carboxylic acids is 2. The van der Waals surface area contributed by atoms with E-state index >= 15 is 0 Å². The number of carbonyl (C=O) groups is 2. The van der Waals surface area contributed by atoms with Crippen molar-refractivity contribution in [3.63, 3.8) is 0 Å². The highest BCUT2D eigenvalue weighted by atomic mass is 16.5. The third kappa shape index (κ3) is 4.31. The van der Waals surface area contributed by atoms with Crippen molar-refractivity contribution in [1.29, 1.82) is 0 Å². The first kappa shape index (κ1) is 14.5. The van der Waals surface area contributed by atoms with Gasteiger partial charge in [0.25, 0.3) is 0 Å². The summed E-state index contributed by atoms with van der Waals surface area (Å²) in [7, 11) is 0. The van der Waals surface area contributed by atoms with Gasteiger partial charge in [-0.15, -0.1) is 0 Å². The van der Waals surface area contributed by atoms with Gasteiger partial charge < -0.3 is 14.6 Å². The normalized spacial score (nSPS) is 9.47. The second-order valence-electron chi connectivity index (χ2n) is 3.54. The fourth-order valence-corrected chi connectivity index (χ4v) is 1.28. The van der Waals surface area contributed by atoms with Crippen LogP contribution in [0, 0.1) is 0 Å². The van der Waals surface area contributed by atoms with E-state index < -0.39 is 11.9 Å². The molecule has 1 aromatic rings. The van der Waals surface area contributed by atoms with Gasteiger partial charge in [0, 0.05) is 0 Å². The highest BCUT2D eigenvalue weighted by Gasteiger charge is 2.14. The lowest BCUT2D eigenvalue weighted by Gasteiger charge is -2.06. The summed E-state index contributed by atoms with van der Waals surface area (Å²) in [5, 5.41) is 9.49. The van der Waals surface area contributed by atoms with Gasteiger partial charge in [-0.3, -0.25) is 0 Å². The Balaban J connectivity index is 2.93. The Bertz CT molecular complexity index is 462. The quantitative estimate of drug-likeness (QED) is 0.627. The van der Waals surface area contributed by atoms with Crippen molar-refractivity contribution < 1.29 is 24.2 Å². The molecule has 1 N–H and O–H groups in total. The molecule has 0 unspecified atom stereocenters. The molecular formula is C14H14O5. The summed E-state index contributed by atoms with van der Waals surface area (Å²) >= 11 is 0. The lowest BCUT2D eigenvalue weighted by molar-refractivity contribution is 0.0547. The number of ether oxygens (including phenoxy) is 2. The zero-order valence-corrected chi connectivity index (χ0v) is 10.3. The van der Waals surface area contributed by atoms with Gasteiger partial charge in [0.05, 0.1) is 11.1 Å². The third-order valence-corrected chi connectivity index (χ3v) is 2.05.